The van der Waals surface area contributed by atoms with Gasteiger partial charge in [-0.2, -0.15) is 17.6 Å². The van der Waals surface area contributed by atoms with Crippen LogP contribution in [0.1, 0.15) is 109 Å². The molecule has 0 amide bonds. The van der Waals surface area contributed by atoms with Crippen molar-refractivity contribution in [3.63, 3.8) is 0 Å². The second-order valence-corrected chi connectivity index (χ2v) is 9.37. The Morgan fingerprint density at radius 1 is 0.500 bits per heavy atom. The zero-order chi connectivity index (χ0) is 19.7. The lowest BCUT2D eigenvalue weighted by atomic mass is 10.0. The van der Waals surface area contributed by atoms with Crippen LogP contribution in [0.25, 0.3) is 0 Å². The van der Waals surface area contributed by atoms with Crippen molar-refractivity contribution in [1.29, 1.82) is 0 Å². The van der Waals surface area contributed by atoms with Crippen LogP contribution < -0.4 is 0 Å². The van der Waals surface area contributed by atoms with Crippen molar-refractivity contribution in [2.24, 2.45) is 0 Å². The molecule has 0 aromatic rings. The van der Waals surface area contributed by atoms with E-state index in [1.807, 2.05) is 0 Å². The summed E-state index contributed by atoms with van der Waals surface area (Å²) in [5.74, 6) is -3.94. The standard InChI is InChI=1S/C20H36BrF4I/c21-20(24,25)19(22,23)17-15-13-11-9-7-5-3-1-2-4-6-8-10-12-14-16-18-26/h1-18H2. The minimum Gasteiger partial charge on any atom is -0.199 e. The van der Waals surface area contributed by atoms with E-state index in [1.54, 1.807) is 15.9 Å². The van der Waals surface area contributed by atoms with Gasteiger partial charge in [0.05, 0.1) is 0 Å². The Bertz CT molecular complexity index is 309. The van der Waals surface area contributed by atoms with Crippen LogP contribution in [0.15, 0.2) is 0 Å². The van der Waals surface area contributed by atoms with E-state index >= 15 is 0 Å². The smallest absolute Gasteiger partial charge is 0.199 e. The summed E-state index contributed by atoms with van der Waals surface area (Å²) >= 11 is 4.21. The molecule has 0 aromatic carbocycles. The average molecular weight is 559 g/mol. The van der Waals surface area contributed by atoms with Crippen LogP contribution in [0.2, 0.25) is 0 Å². The lowest BCUT2D eigenvalue weighted by molar-refractivity contribution is -0.151. The lowest BCUT2D eigenvalue weighted by Gasteiger charge is -2.21. The second kappa shape index (κ2) is 16.8. The SMILES string of the molecule is FC(F)(Br)C(F)(F)CCCCCCCCCCCCCCCCCCI. The summed E-state index contributed by atoms with van der Waals surface area (Å²) in [4.78, 5) is -4.09. The average Bonchev–Trinajstić information content (AvgIpc) is 2.56. The van der Waals surface area contributed by atoms with Crippen molar-refractivity contribution in [1.82, 2.24) is 0 Å². The molecule has 158 valence electrons. The summed E-state index contributed by atoms with van der Waals surface area (Å²) in [7, 11) is 0. The Balaban J connectivity index is 3.21. The zero-order valence-corrected chi connectivity index (χ0v) is 19.7. The molecule has 0 fully saturated rings. The number of hydrogen-bond acceptors (Lipinski definition) is 0. The number of halogens is 6. The van der Waals surface area contributed by atoms with Crippen LogP contribution in [0, 0.1) is 0 Å². The third kappa shape index (κ3) is 15.9. The monoisotopic (exact) mass is 558 g/mol. The van der Waals surface area contributed by atoms with Gasteiger partial charge in [-0.1, -0.05) is 112 Å². The van der Waals surface area contributed by atoms with Gasteiger partial charge in [-0.3, -0.25) is 0 Å². The summed E-state index contributed by atoms with van der Waals surface area (Å²) in [6.07, 6.45) is 17.7. The predicted molar refractivity (Wildman–Crippen MR) is 116 cm³/mol. The maximum atomic E-state index is 13.0. The highest BCUT2D eigenvalue weighted by molar-refractivity contribution is 14.1. The molecule has 0 unspecified atom stereocenters. The molecule has 0 spiro atoms. The second-order valence-electron chi connectivity index (χ2n) is 7.30. The first-order valence-electron chi connectivity index (χ1n) is 10.3. The van der Waals surface area contributed by atoms with Crippen molar-refractivity contribution in [3.05, 3.63) is 0 Å². The van der Waals surface area contributed by atoms with E-state index in [1.165, 1.54) is 75.1 Å². The number of alkyl halides is 6. The van der Waals surface area contributed by atoms with Gasteiger partial charge >= 0.3 is 10.8 Å². The van der Waals surface area contributed by atoms with Crippen molar-refractivity contribution in [3.8, 4) is 0 Å². The van der Waals surface area contributed by atoms with E-state index in [2.05, 4.69) is 22.6 Å². The molecule has 0 saturated heterocycles. The van der Waals surface area contributed by atoms with Gasteiger partial charge < -0.3 is 0 Å². The zero-order valence-electron chi connectivity index (χ0n) is 16.0. The number of unbranched alkanes of at least 4 members (excludes halogenated alkanes) is 15. The summed E-state index contributed by atoms with van der Waals surface area (Å²) in [5, 5.41) is 0. The number of rotatable bonds is 19. The van der Waals surface area contributed by atoms with Gasteiger partial charge in [0.1, 0.15) is 0 Å². The third-order valence-electron chi connectivity index (χ3n) is 4.79. The van der Waals surface area contributed by atoms with Crippen LogP contribution in [0.3, 0.4) is 0 Å². The molecule has 0 bridgehead atoms. The van der Waals surface area contributed by atoms with E-state index in [-0.39, 0.29) is 6.42 Å². The molecule has 0 saturated carbocycles. The fraction of sp³-hybridized carbons (Fsp3) is 1.00. The van der Waals surface area contributed by atoms with Crippen molar-refractivity contribution in [2.45, 2.75) is 120 Å². The molecule has 0 aliphatic rings. The van der Waals surface area contributed by atoms with Crippen molar-refractivity contribution in [2.75, 3.05) is 4.43 Å². The first-order valence-corrected chi connectivity index (χ1v) is 12.6. The minimum absolute atomic E-state index is 0.159. The van der Waals surface area contributed by atoms with Gasteiger partial charge in [-0.05, 0) is 33.2 Å². The molecule has 0 atom stereocenters. The van der Waals surface area contributed by atoms with E-state index in [9.17, 15) is 17.6 Å². The highest BCUT2D eigenvalue weighted by atomic mass is 127. The van der Waals surface area contributed by atoms with Crippen molar-refractivity contribution >= 4 is 38.5 Å². The quantitative estimate of drug-likeness (QED) is 0.0640. The van der Waals surface area contributed by atoms with Crippen molar-refractivity contribution < 1.29 is 17.6 Å². The van der Waals surface area contributed by atoms with Crippen LogP contribution in [-0.4, -0.2) is 15.2 Å². The maximum absolute atomic E-state index is 13.0. The minimum atomic E-state index is -4.09. The number of hydrogen-bond donors (Lipinski definition) is 0. The summed E-state index contributed by atoms with van der Waals surface area (Å²) in [6, 6.07) is 0. The van der Waals surface area contributed by atoms with Gasteiger partial charge in [0.15, 0.2) is 0 Å². The highest BCUT2D eigenvalue weighted by Gasteiger charge is 2.53. The Hall–Kier alpha value is 0.930. The molecule has 0 aliphatic carbocycles. The summed E-state index contributed by atoms with van der Waals surface area (Å²) in [5.41, 5.74) is 0. The molecule has 26 heavy (non-hydrogen) atoms. The van der Waals surface area contributed by atoms with E-state index in [0.717, 1.165) is 19.3 Å². The molecule has 0 N–H and O–H groups in total. The Kier molecular flexibility index (Phi) is 17.4. The van der Waals surface area contributed by atoms with Gasteiger partial charge in [0.25, 0.3) is 0 Å². The molecule has 6 heteroatoms. The Morgan fingerprint density at radius 2 is 0.769 bits per heavy atom. The highest BCUT2D eigenvalue weighted by Crippen LogP contribution is 2.42. The summed E-state index contributed by atoms with van der Waals surface area (Å²) in [6.45, 7) is 0. The Labute approximate surface area is 179 Å². The molecule has 0 aliphatic heterocycles. The predicted octanol–water partition coefficient (Wildman–Crippen LogP) is 9.68. The van der Waals surface area contributed by atoms with Crippen LogP contribution in [0.5, 0.6) is 0 Å². The summed E-state index contributed by atoms with van der Waals surface area (Å²) < 4.78 is 52.5. The van der Waals surface area contributed by atoms with Crippen LogP contribution in [0.4, 0.5) is 17.6 Å². The van der Waals surface area contributed by atoms with E-state index in [0.29, 0.717) is 6.42 Å². The van der Waals surface area contributed by atoms with Gasteiger partial charge in [0, 0.05) is 6.42 Å². The molecule has 0 aromatic heterocycles. The fourth-order valence-corrected chi connectivity index (χ4v) is 3.80. The lowest BCUT2D eigenvalue weighted by Crippen LogP contribution is -2.34. The largest absolute Gasteiger partial charge is 0.363 e. The normalized spacial score (nSPS) is 12.7. The molecule has 0 radical (unpaired) electrons. The maximum Gasteiger partial charge on any atom is 0.363 e. The fourth-order valence-electron chi connectivity index (χ4n) is 3.06. The van der Waals surface area contributed by atoms with E-state index in [4.69, 9.17) is 0 Å². The molecular weight excluding hydrogens is 523 g/mol. The Morgan fingerprint density at radius 3 is 1.04 bits per heavy atom. The molecule has 0 heterocycles. The van der Waals surface area contributed by atoms with Crippen LogP contribution in [-0.2, 0) is 0 Å². The molecular formula is C20H36BrF4I. The first kappa shape index (κ1) is 26.9. The molecule has 0 rings (SSSR count). The van der Waals surface area contributed by atoms with Gasteiger partial charge in [-0.15, -0.1) is 0 Å². The van der Waals surface area contributed by atoms with Gasteiger partial charge in [-0.25, -0.2) is 0 Å². The third-order valence-corrected chi connectivity index (χ3v) is 6.13. The van der Waals surface area contributed by atoms with Gasteiger partial charge in [0.2, 0.25) is 0 Å². The molecule has 0 nitrogen and oxygen atoms in total. The first-order chi connectivity index (χ1) is 12.3. The van der Waals surface area contributed by atoms with Crippen LogP contribution >= 0.6 is 38.5 Å². The topological polar surface area (TPSA) is 0 Å². The van der Waals surface area contributed by atoms with E-state index < -0.39 is 17.2 Å².